The lowest BCUT2D eigenvalue weighted by Gasteiger charge is -2.38. The Kier molecular flexibility index (Phi) is 5.65. The standard InChI is InChI=1S/C18H28F2N6/c1-11-12(19)10-13(21)17(16(11)20)26(24)15(23)5-4-14(22)25-8-6-18(2,3)7-9-25/h4-5,10H,6-9,21-24H2,1-3H3/b14-4+,15-5+. The van der Waals surface area contributed by atoms with Gasteiger partial charge in [-0.3, -0.25) is 5.01 Å². The molecule has 8 N–H and O–H groups in total. The minimum absolute atomic E-state index is 0.0295. The first kappa shape index (κ1) is 19.8. The van der Waals surface area contributed by atoms with E-state index in [1.165, 1.54) is 13.0 Å². The van der Waals surface area contributed by atoms with Crippen molar-refractivity contribution in [3.8, 4) is 0 Å². The summed E-state index contributed by atoms with van der Waals surface area (Å²) >= 11 is 0. The van der Waals surface area contributed by atoms with Gasteiger partial charge in [0.1, 0.15) is 17.3 Å². The molecular formula is C18H28F2N6. The van der Waals surface area contributed by atoms with Crippen molar-refractivity contribution in [2.75, 3.05) is 23.8 Å². The molecule has 1 aliphatic rings. The summed E-state index contributed by atoms with van der Waals surface area (Å²) in [5, 5.41) is 0.889. The van der Waals surface area contributed by atoms with Crippen molar-refractivity contribution in [1.29, 1.82) is 0 Å². The number of anilines is 2. The molecule has 0 aliphatic carbocycles. The molecule has 144 valence electrons. The molecule has 0 atom stereocenters. The molecule has 1 saturated heterocycles. The highest BCUT2D eigenvalue weighted by molar-refractivity contribution is 5.71. The SMILES string of the molecule is Cc1c(F)cc(N)c(N(N)/C(N)=C/C=C(\N)N2CCC(C)(C)CC2)c1F. The van der Waals surface area contributed by atoms with Crippen molar-refractivity contribution in [3.63, 3.8) is 0 Å². The van der Waals surface area contributed by atoms with Gasteiger partial charge in [-0.1, -0.05) is 13.8 Å². The molecule has 0 amide bonds. The summed E-state index contributed by atoms with van der Waals surface area (Å²) in [6, 6.07) is 1.01. The van der Waals surface area contributed by atoms with Gasteiger partial charge in [0.25, 0.3) is 0 Å². The first-order chi connectivity index (χ1) is 12.0. The van der Waals surface area contributed by atoms with E-state index in [9.17, 15) is 8.78 Å². The van der Waals surface area contributed by atoms with E-state index >= 15 is 0 Å². The maximum Gasteiger partial charge on any atom is 0.156 e. The molecule has 6 nitrogen and oxygen atoms in total. The molecule has 0 aromatic heterocycles. The smallest absolute Gasteiger partial charge is 0.156 e. The third kappa shape index (κ3) is 4.19. The number of hydrogen-bond donors (Lipinski definition) is 4. The molecule has 0 bridgehead atoms. The van der Waals surface area contributed by atoms with E-state index in [1.54, 1.807) is 6.08 Å². The number of nitrogens with zero attached hydrogens (tertiary/aromatic N) is 2. The van der Waals surface area contributed by atoms with Crippen LogP contribution in [0.15, 0.2) is 29.9 Å². The zero-order valence-electron chi connectivity index (χ0n) is 15.5. The van der Waals surface area contributed by atoms with Crippen molar-refractivity contribution in [3.05, 3.63) is 47.1 Å². The fraction of sp³-hybridized carbons (Fsp3) is 0.444. The van der Waals surface area contributed by atoms with Crippen molar-refractivity contribution in [2.24, 2.45) is 22.7 Å². The van der Waals surface area contributed by atoms with Crippen LogP contribution in [0, 0.1) is 24.0 Å². The predicted molar refractivity (Wildman–Crippen MR) is 101 cm³/mol. The lowest BCUT2D eigenvalue weighted by Crippen LogP contribution is -2.39. The summed E-state index contributed by atoms with van der Waals surface area (Å²) in [7, 11) is 0. The highest BCUT2D eigenvalue weighted by atomic mass is 19.1. The zero-order valence-corrected chi connectivity index (χ0v) is 15.5. The van der Waals surface area contributed by atoms with Crippen LogP contribution in [0.3, 0.4) is 0 Å². The van der Waals surface area contributed by atoms with E-state index in [2.05, 4.69) is 18.7 Å². The van der Waals surface area contributed by atoms with E-state index in [0.717, 1.165) is 37.0 Å². The fourth-order valence-corrected chi connectivity index (χ4v) is 2.82. The second-order valence-electron chi connectivity index (χ2n) is 7.44. The van der Waals surface area contributed by atoms with E-state index in [0.29, 0.717) is 11.2 Å². The second-order valence-corrected chi connectivity index (χ2v) is 7.44. The maximum absolute atomic E-state index is 14.3. The minimum atomic E-state index is -0.850. The van der Waals surface area contributed by atoms with Crippen LogP contribution in [0.5, 0.6) is 0 Å². The molecule has 2 rings (SSSR count). The Balaban J connectivity index is 2.18. The molecule has 0 spiro atoms. The molecule has 0 radical (unpaired) electrons. The van der Waals surface area contributed by atoms with Crippen LogP contribution < -0.4 is 28.1 Å². The van der Waals surface area contributed by atoms with Crippen LogP contribution in [0.25, 0.3) is 0 Å². The van der Waals surface area contributed by atoms with Gasteiger partial charge >= 0.3 is 0 Å². The van der Waals surface area contributed by atoms with E-state index in [-0.39, 0.29) is 22.8 Å². The number of allylic oxidation sites excluding steroid dienone is 2. The number of rotatable bonds is 4. The average molecular weight is 366 g/mol. The van der Waals surface area contributed by atoms with Crippen molar-refractivity contribution in [1.82, 2.24) is 4.90 Å². The number of halogens is 2. The van der Waals surface area contributed by atoms with Crippen LogP contribution in [-0.2, 0) is 0 Å². The minimum Gasteiger partial charge on any atom is -0.397 e. The van der Waals surface area contributed by atoms with Gasteiger partial charge in [-0.05, 0) is 43.4 Å². The first-order valence-corrected chi connectivity index (χ1v) is 8.50. The Labute approximate surface area is 153 Å². The second kappa shape index (κ2) is 7.41. The Morgan fingerprint density at radius 1 is 1.19 bits per heavy atom. The van der Waals surface area contributed by atoms with Gasteiger partial charge in [0.2, 0.25) is 0 Å². The molecule has 1 heterocycles. The summed E-state index contributed by atoms with van der Waals surface area (Å²) in [6.45, 7) is 7.48. The normalized spacial score (nSPS) is 18.2. The Morgan fingerprint density at radius 2 is 1.77 bits per heavy atom. The Bertz CT molecular complexity index is 732. The topological polar surface area (TPSA) is 111 Å². The van der Waals surface area contributed by atoms with E-state index in [1.807, 2.05) is 0 Å². The van der Waals surface area contributed by atoms with Crippen molar-refractivity contribution < 1.29 is 8.78 Å². The largest absolute Gasteiger partial charge is 0.397 e. The fourth-order valence-electron chi connectivity index (χ4n) is 2.82. The summed E-state index contributed by atoms with van der Waals surface area (Å²) < 4.78 is 27.9. The third-order valence-electron chi connectivity index (χ3n) is 4.88. The summed E-state index contributed by atoms with van der Waals surface area (Å²) in [5.41, 5.74) is 17.5. The van der Waals surface area contributed by atoms with E-state index in [4.69, 9.17) is 23.0 Å². The number of hydrogen-bond acceptors (Lipinski definition) is 6. The monoisotopic (exact) mass is 366 g/mol. The molecule has 1 aromatic carbocycles. The van der Waals surface area contributed by atoms with Gasteiger partial charge in [-0.2, -0.15) is 0 Å². The molecule has 0 unspecified atom stereocenters. The summed E-state index contributed by atoms with van der Waals surface area (Å²) in [5.74, 6) is 4.87. The molecular weight excluding hydrogens is 338 g/mol. The Morgan fingerprint density at radius 3 is 2.35 bits per heavy atom. The van der Waals surface area contributed by atoms with Crippen LogP contribution in [0.2, 0.25) is 0 Å². The first-order valence-electron chi connectivity index (χ1n) is 8.50. The van der Waals surface area contributed by atoms with E-state index < -0.39 is 11.6 Å². The van der Waals surface area contributed by atoms with Crippen LogP contribution in [0.4, 0.5) is 20.2 Å². The lowest BCUT2D eigenvalue weighted by atomic mass is 9.83. The number of benzene rings is 1. The highest BCUT2D eigenvalue weighted by Gasteiger charge is 2.25. The third-order valence-corrected chi connectivity index (χ3v) is 4.88. The number of likely N-dealkylation sites (tertiary alicyclic amines) is 1. The molecule has 1 aliphatic heterocycles. The molecule has 8 heteroatoms. The highest BCUT2D eigenvalue weighted by Crippen LogP contribution is 2.31. The quantitative estimate of drug-likeness (QED) is 0.282. The van der Waals surface area contributed by atoms with Crippen LogP contribution in [-0.4, -0.2) is 18.0 Å². The predicted octanol–water partition coefficient (Wildman–Crippen LogP) is 2.26. The number of hydrazine groups is 1. The average Bonchev–Trinajstić information content (AvgIpc) is 2.57. The number of nitrogens with two attached hydrogens (primary N) is 4. The number of piperidine rings is 1. The molecule has 0 saturated carbocycles. The number of nitrogen functional groups attached to an aromatic ring is 1. The lowest BCUT2D eigenvalue weighted by molar-refractivity contribution is 0.161. The van der Waals surface area contributed by atoms with Crippen LogP contribution in [0.1, 0.15) is 32.3 Å². The molecule has 1 aromatic rings. The Hall–Kier alpha value is -2.48. The van der Waals surface area contributed by atoms with Crippen LogP contribution >= 0.6 is 0 Å². The zero-order chi connectivity index (χ0) is 19.6. The summed E-state index contributed by atoms with van der Waals surface area (Å²) in [4.78, 5) is 2.06. The van der Waals surface area contributed by atoms with Gasteiger partial charge in [-0.25, -0.2) is 14.6 Å². The van der Waals surface area contributed by atoms with Crippen molar-refractivity contribution >= 4 is 11.4 Å². The van der Waals surface area contributed by atoms with Gasteiger partial charge in [-0.15, -0.1) is 0 Å². The van der Waals surface area contributed by atoms with Gasteiger partial charge in [0.05, 0.1) is 11.5 Å². The van der Waals surface area contributed by atoms with Crippen molar-refractivity contribution in [2.45, 2.75) is 33.6 Å². The maximum atomic E-state index is 14.3. The molecule has 26 heavy (non-hydrogen) atoms. The molecule has 1 fully saturated rings. The van der Waals surface area contributed by atoms with Gasteiger partial charge in [0.15, 0.2) is 5.82 Å². The van der Waals surface area contributed by atoms with Gasteiger partial charge in [0, 0.05) is 18.7 Å². The summed E-state index contributed by atoms with van der Waals surface area (Å²) in [6.07, 6.45) is 5.19. The van der Waals surface area contributed by atoms with Gasteiger partial charge < -0.3 is 22.1 Å².